The number of carbonyl (C=O) groups is 1. The van der Waals surface area contributed by atoms with Crippen LogP contribution in [0.3, 0.4) is 0 Å². The van der Waals surface area contributed by atoms with E-state index in [4.69, 9.17) is 10.7 Å². The number of piperidine rings is 1. The summed E-state index contributed by atoms with van der Waals surface area (Å²) in [5, 5.41) is 4.30. The first-order valence-electron chi connectivity index (χ1n) is 10.0. The Bertz CT molecular complexity index is 1090. The molecule has 1 saturated heterocycles. The number of rotatable bonds is 4. The van der Waals surface area contributed by atoms with Gasteiger partial charge in [0.15, 0.2) is 0 Å². The number of pyridine rings is 1. The summed E-state index contributed by atoms with van der Waals surface area (Å²) in [6.07, 6.45) is 5.23. The molecule has 1 fully saturated rings. The van der Waals surface area contributed by atoms with E-state index < -0.39 is 0 Å². The van der Waals surface area contributed by atoms with Crippen molar-refractivity contribution in [3.8, 4) is 0 Å². The van der Waals surface area contributed by atoms with Crippen molar-refractivity contribution in [3.05, 3.63) is 53.9 Å². The Morgan fingerprint density at radius 3 is 2.63 bits per heavy atom. The van der Waals surface area contributed by atoms with Crippen LogP contribution in [0.2, 0.25) is 0 Å². The SMILES string of the molecule is CC(N)=NC(=O)c1cc2cc(C)ccc2nc1N1CCC(Nc2ncccn2)CC1. The van der Waals surface area contributed by atoms with Gasteiger partial charge in [-0.05, 0) is 51.0 Å². The quantitative estimate of drug-likeness (QED) is 0.509. The second kappa shape index (κ2) is 8.44. The minimum Gasteiger partial charge on any atom is -0.387 e. The topological polar surface area (TPSA) is 109 Å². The zero-order valence-corrected chi connectivity index (χ0v) is 17.2. The molecule has 0 spiro atoms. The van der Waals surface area contributed by atoms with Gasteiger partial charge >= 0.3 is 0 Å². The number of nitrogens with one attached hydrogen (secondary N) is 1. The van der Waals surface area contributed by atoms with E-state index in [1.165, 1.54) is 0 Å². The number of hydrogen-bond acceptors (Lipinski definition) is 6. The fourth-order valence-electron chi connectivity index (χ4n) is 3.70. The molecule has 0 unspecified atom stereocenters. The van der Waals surface area contributed by atoms with Crippen LogP contribution in [0, 0.1) is 6.92 Å². The molecule has 1 aliphatic heterocycles. The van der Waals surface area contributed by atoms with Crippen molar-refractivity contribution in [3.63, 3.8) is 0 Å². The summed E-state index contributed by atoms with van der Waals surface area (Å²) in [6, 6.07) is 9.99. The molecule has 0 bridgehead atoms. The molecule has 3 heterocycles. The number of amidine groups is 1. The van der Waals surface area contributed by atoms with E-state index in [2.05, 4.69) is 25.2 Å². The summed E-state index contributed by atoms with van der Waals surface area (Å²) >= 11 is 0. The first-order valence-corrected chi connectivity index (χ1v) is 10.0. The van der Waals surface area contributed by atoms with Gasteiger partial charge < -0.3 is 16.0 Å². The molecule has 8 nitrogen and oxygen atoms in total. The van der Waals surface area contributed by atoms with Crippen molar-refractivity contribution >= 4 is 34.4 Å². The maximum absolute atomic E-state index is 12.8. The lowest BCUT2D eigenvalue weighted by molar-refractivity contribution is 0.100. The van der Waals surface area contributed by atoms with Gasteiger partial charge in [-0.15, -0.1) is 0 Å². The van der Waals surface area contributed by atoms with Crippen molar-refractivity contribution in [2.75, 3.05) is 23.3 Å². The van der Waals surface area contributed by atoms with Crippen LogP contribution >= 0.6 is 0 Å². The summed E-state index contributed by atoms with van der Waals surface area (Å²) in [7, 11) is 0. The highest BCUT2D eigenvalue weighted by Crippen LogP contribution is 2.28. The predicted octanol–water partition coefficient (Wildman–Crippen LogP) is 2.93. The molecule has 3 N–H and O–H groups in total. The third-order valence-corrected chi connectivity index (χ3v) is 5.15. The maximum atomic E-state index is 12.8. The molecular formula is C22H25N7O. The maximum Gasteiger partial charge on any atom is 0.282 e. The Morgan fingerprint density at radius 1 is 1.20 bits per heavy atom. The summed E-state index contributed by atoms with van der Waals surface area (Å²) in [5.74, 6) is 1.18. The standard InChI is InChI=1S/C22H25N7O/c1-14-4-5-19-16(12-14)13-18(21(30)26-15(2)23)20(28-19)29-10-6-17(7-11-29)27-22-24-8-3-9-25-22/h3-5,8-9,12-13,17H,6-7,10-11H2,1-2H3,(H2,23,26,30)(H,24,25,27). The number of nitrogens with two attached hydrogens (primary N) is 1. The van der Waals surface area contributed by atoms with E-state index in [1.807, 2.05) is 31.2 Å². The van der Waals surface area contributed by atoms with E-state index in [0.717, 1.165) is 42.4 Å². The van der Waals surface area contributed by atoms with Gasteiger partial charge in [-0.2, -0.15) is 4.99 Å². The van der Waals surface area contributed by atoms with E-state index in [1.54, 1.807) is 25.4 Å². The molecule has 30 heavy (non-hydrogen) atoms. The van der Waals surface area contributed by atoms with Crippen LogP contribution in [0.25, 0.3) is 10.9 Å². The van der Waals surface area contributed by atoms with Crippen molar-refractivity contribution in [1.82, 2.24) is 15.0 Å². The van der Waals surface area contributed by atoms with Crippen LogP contribution in [0.4, 0.5) is 11.8 Å². The fourth-order valence-corrected chi connectivity index (χ4v) is 3.70. The number of anilines is 2. The van der Waals surface area contributed by atoms with E-state index in [-0.39, 0.29) is 17.8 Å². The number of hydrogen-bond donors (Lipinski definition) is 2. The van der Waals surface area contributed by atoms with E-state index >= 15 is 0 Å². The van der Waals surface area contributed by atoms with Gasteiger partial charge in [0.1, 0.15) is 11.7 Å². The van der Waals surface area contributed by atoms with Crippen LogP contribution in [-0.4, -0.2) is 45.8 Å². The van der Waals surface area contributed by atoms with Crippen LogP contribution in [0.5, 0.6) is 0 Å². The van der Waals surface area contributed by atoms with Gasteiger partial charge in [0.25, 0.3) is 5.91 Å². The van der Waals surface area contributed by atoms with Crippen molar-refractivity contribution < 1.29 is 4.79 Å². The second-order valence-electron chi connectivity index (χ2n) is 7.59. The zero-order valence-electron chi connectivity index (χ0n) is 17.2. The third-order valence-electron chi connectivity index (χ3n) is 5.15. The molecule has 0 radical (unpaired) electrons. The summed E-state index contributed by atoms with van der Waals surface area (Å²) in [4.78, 5) is 32.2. The van der Waals surface area contributed by atoms with Crippen LogP contribution in [-0.2, 0) is 0 Å². The third kappa shape index (κ3) is 4.37. The number of aryl methyl sites for hydroxylation is 1. The van der Waals surface area contributed by atoms with Crippen LogP contribution < -0.4 is 16.0 Å². The Kier molecular flexibility index (Phi) is 5.56. The lowest BCUT2D eigenvalue weighted by Gasteiger charge is -2.34. The summed E-state index contributed by atoms with van der Waals surface area (Å²) in [6.45, 7) is 5.16. The van der Waals surface area contributed by atoms with Gasteiger partial charge in [0.2, 0.25) is 5.95 Å². The summed E-state index contributed by atoms with van der Waals surface area (Å²) in [5.41, 5.74) is 8.12. The molecule has 0 atom stereocenters. The molecule has 8 heteroatoms. The number of amides is 1. The number of aromatic nitrogens is 3. The first kappa shape index (κ1) is 19.8. The molecule has 154 valence electrons. The Labute approximate surface area is 175 Å². The molecule has 4 rings (SSSR count). The number of aliphatic imine (C=N–C) groups is 1. The van der Waals surface area contributed by atoms with E-state index in [9.17, 15) is 4.79 Å². The van der Waals surface area contributed by atoms with Crippen molar-refractivity contribution in [1.29, 1.82) is 0 Å². The average Bonchev–Trinajstić information content (AvgIpc) is 2.73. The van der Waals surface area contributed by atoms with Gasteiger partial charge in [-0.1, -0.05) is 11.6 Å². The molecule has 1 aliphatic rings. The Hall–Kier alpha value is -3.55. The minimum absolute atomic E-state index is 0.237. The average molecular weight is 403 g/mol. The molecule has 2 aromatic heterocycles. The molecule has 0 saturated carbocycles. The van der Waals surface area contributed by atoms with Gasteiger partial charge in [0, 0.05) is 36.9 Å². The van der Waals surface area contributed by atoms with Crippen molar-refractivity contribution in [2.45, 2.75) is 32.7 Å². The predicted molar refractivity (Wildman–Crippen MR) is 119 cm³/mol. The highest BCUT2D eigenvalue weighted by molar-refractivity contribution is 6.07. The summed E-state index contributed by atoms with van der Waals surface area (Å²) < 4.78 is 0. The molecule has 1 amide bonds. The smallest absolute Gasteiger partial charge is 0.282 e. The lowest BCUT2D eigenvalue weighted by atomic mass is 10.0. The molecule has 1 aromatic carbocycles. The number of nitrogens with zero attached hydrogens (tertiary/aromatic N) is 5. The monoisotopic (exact) mass is 403 g/mol. The minimum atomic E-state index is -0.362. The second-order valence-corrected chi connectivity index (χ2v) is 7.59. The highest BCUT2D eigenvalue weighted by Gasteiger charge is 2.25. The number of carbonyl (C=O) groups excluding carboxylic acids is 1. The molecular weight excluding hydrogens is 378 g/mol. The first-order chi connectivity index (χ1) is 14.5. The largest absolute Gasteiger partial charge is 0.387 e. The highest BCUT2D eigenvalue weighted by atomic mass is 16.1. The lowest BCUT2D eigenvalue weighted by Crippen LogP contribution is -2.40. The number of fused-ring (bicyclic) bond motifs is 1. The molecule has 3 aromatic rings. The Balaban J connectivity index is 1.60. The fraction of sp³-hybridized carbons (Fsp3) is 0.318. The molecule has 0 aliphatic carbocycles. The van der Waals surface area contributed by atoms with Crippen molar-refractivity contribution in [2.24, 2.45) is 10.7 Å². The zero-order chi connectivity index (χ0) is 21.1. The van der Waals surface area contributed by atoms with Gasteiger partial charge in [0.05, 0.1) is 11.1 Å². The van der Waals surface area contributed by atoms with Gasteiger partial charge in [-0.25, -0.2) is 15.0 Å². The van der Waals surface area contributed by atoms with E-state index in [0.29, 0.717) is 17.3 Å². The normalized spacial score (nSPS) is 15.4. The van der Waals surface area contributed by atoms with Crippen LogP contribution in [0.1, 0.15) is 35.7 Å². The number of benzene rings is 1. The Morgan fingerprint density at radius 2 is 1.93 bits per heavy atom. The van der Waals surface area contributed by atoms with Crippen LogP contribution in [0.15, 0.2) is 47.7 Å². The van der Waals surface area contributed by atoms with Gasteiger partial charge in [-0.3, -0.25) is 4.79 Å².